The molecule has 1 rings (SSSR count). The molecule has 17 heavy (non-hydrogen) atoms. The van der Waals surface area contributed by atoms with E-state index >= 15 is 0 Å². The second-order valence-corrected chi connectivity index (χ2v) is 7.45. The summed E-state index contributed by atoms with van der Waals surface area (Å²) in [5.41, 5.74) is 0. The van der Waals surface area contributed by atoms with E-state index in [9.17, 15) is 5.11 Å². The van der Waals surface area contributed by atoms with Gasteiger partial charge in [-0.3, -0.25) is 0 Å². The Bertz CT molecular complexity index is 327. The van der Waals surface area contributed by atoms with Crippen LogP contribution in [0.15, 0.2) is 15.9 Å². The van der Waals surface area contributed by atoms with Crippen LogP contribution in [-0.2, 0) is 6.42 Å². The standard InChI is InChI=1S/C13H22BrNOS/c1-10(2)11(9-16)8-15(3)7-6-12-4-5-13(14)17-12/h4-5,10-11,16H,6-9H2,1-3H3. The zero-order chi connectivity index (χ0) is 12.8. The van der Waals surface area contributed by atoms with Crippen molar-refractivity contribution in [1.29, 1.82) is 0 Å². The molecule has 0 aliphatic rings. The van der Waals surface area contributed by atoms with Gasteiger partial charge >= 0.3 is 0 Å². The lowest BCUT2D eigenvalue weighted by Gasteiger charge is -2.25. The Morgan fingerprint density at radius 2 is 2.12 bits per heavy atom. The summed E-state index contributed by atoms with van der Waals surface area (Å²) in [6.45, 7) is 6.65. The molecule has 0 amide bonds. The smallest absolute Gasteiger partial charge is 0.0701 e. The molecule has 1 N–H and O–H groups in total. The maximum atomic E-state index is 9.30. The van der Waals surface area contributed by atoms with Crippen LogP contribution in [0.4, 0.5) is 0 Å². The SMILES string of the molecule is CC(C)C(CO)CN(C)CCc1ccc(Br)s1. The Labute approximate surface area is 117 Å². The van der Waals surface area contributed by atoms with Crippen molar-refractivity contribution in [1.82, 2.24) is 4.90 Å². The molecule has 98 valence electrons. The minimum atomic E-state index is 0.284. The van der Waals surface area contributed by atoms with E-state index < -0.39 is 0 Å². The van der Waals surface area contributed by atoms with Crippen molar-refractivity contribution in [2.24, 2.45) is 11.8 Å². The largest absolute Gasteiger partial charge is 0.396 e. The normalized spacial score (nSPS) is 13.6. The number of nitrogens with zero attached hydrogens (tertiary/aromatic N) is 1. The summed E-state index contributed by atoms with van der Waals surface area (Å²) in [6, 6.07) is 4.28. The number of hydrogen-bond donors (Lipinski definition) is 1. The highest BCUT2D eigenvalue weighted by molar-refractivity contribution is 9.11. The van der Waals surface area contributed by atoms with Crippen LogP contribution < -0.4 is 0 Å². The summed E-state index contributed by atoms with van der Waals surface area (Å²) >= 11 is 5.28. The third-order valence-corrected chi connectivity index (χ3v) is 4.78. The van der Waals surface area contributed by atoms with Gasteiger partial charge in [0.25, 0.3) is 0 Å². The van der Waals surface area contributed by atoms with Crippen molar-refractivity contribution < 1.29 is 5.11 Å². The molecule has 0 radical (unpaired) electrons. The minimum absolute atomic E-state index is 0.284. The fourth-order valence-corrected chi connectivity index (χ4v) is 3.23. The van der Waals surface area contributed by atoms with E-state index in [1.165, 1.54) is 8.66 Å². The van der Waals surface area contributed by atoms with Gasteiger partial charge in [0, 0.05) is 24.6 Å². The van der Waals surface area contributed by atoms with Crippen LogP contribution >= 0.6 is 27.3 Å². The highest BCUT2D eigenvalue weighted by Gasteiger charge is 2.14. The molecule has 0 spiro atoms. The number of hydrogen-bond acceptors (Lipinski definition) is 3. The monoisotopic (exact) mass is 319 g/mol. The van der Waals surface area contributed by atoms with E-state index in [2.05, 4.69) is 53.9 Å². The van der Waals surface area contributed by atoms with Gasteiger partial charge in [0.15, 0.2) is 0 Å². The van der Waals surface area contributed by atoms with Gasteiger partial charge in [-0.2, -0.15) is 0 Å². The predicted octanol–water partition coefficient (Wildman–Crippen LogP) is 3.25. The Morgan fingerprint density at radius 1 is 1.41 bits per heavy atom. The Morgan fingerprint density at radius 3 is 2.59 bits per heavy atom. The lowest BCUT2D eigenvalue weighted by Crippen LogP contribution is -2.31. The maximum absolute atomic E-state index is 9.30. The predicted molar refractivity (Wildman–Crippen MR) is 78.6 cm³/mol. The molecule has 0 aliphatic carbocycles. The molecular formula is C13H22BrNOS. The second kappa shape index (κ2) is 7.52. The van der Waals surface area contributed by atoms with Crippen LogP contribution in [0, 0.1) is 11.8 Å². The van der Waals surface area contributed by atoms with Crippen molar-refractivity contribution in [2.75, 3.05) is 26.7 Å². The van der Waals surface area contributed by atoms with Gasteiger partial charge in [0.05, 0.1) is 3.79 Å². The molecule has 1 heterocycles. The highest BCUT2D eigenvalue weighted by atomic mass is 79.9. The first-order valence-corrected chi connectivity index (χ1v) is 7.67. The summed E-state index contributed by atoms with van der Waals surface area (Å²) in [6.07, 6.45) is 1.09. The van der Waals surface area contributed by atoms with Crippen molar-refractivity contribution in [3.05, 3.63) is 20.8 Å². The minimum Gasteiger partial charge on any atom is -0.396 e. The molecule has 0 saturated heterocycles. The summed E-state index contributed by atoms with van der Waals surface area (Å²) in [5.74, 6) is 0.924. The molecule has 0 aromatic carbocycles. The van der Waals surface area contributed by atoms with Crippen LogP contribution in [0.25, 0.3) is 0 Å². The lowest BCUT2D eigenvalue weighted by atomic mass is 9.96. The summed E-state index contributed by atoms with van der Waals surface area (Å²) < 4.78 is 1.20. The quantitative estimate of drug-likeness (QED) is 0.834. The second-order valence-electron chi connectivity index (χ2n) is 4.90. The van der Waals surface area contributed by atoms with Gasteiger partial charge in [0.2, 0.25) is 0 Å². The van der Waals surface area contributed by atoms with Crippen molar-refractivity contribution >= 4 is 27.3 Å². The maximum Gasteiger partial charge on any atom is 0.0701 e. The molecular weight excluding hydrogens is 298 g/mol. The van der Waals surface area contributed by atoms with Gasteiger partial charge in [-0.05, 0) is 53.4 Å². The van der Waals surface area contributed by atoms with E-state index in [1.807, 2.05) is 0 Å². The molecule has 0 aliphatic heterocycles. The fourth-order valence-electron chi connectivity index (χ4n) is 1.76. The molecule has 1 aromatic heterocycles. The molecule has 2 nitrogen and oxygen atoms in total. The fraction of sp³-hybridized carbons (Fsp3) is 0.692. The molecule has 1 unspecified atom stereocenters. The van der Waals surface area contributed by atoms with Crippen LogP contribution in [-0.4, -0.2) is 36.8 Å². The number of aliphatic hydroxyl groups is 1. The zero-order valence-electron chi connectivity index (χ0n) is 10.8. The molecule has 0 saturated carbocycles. The van der Waals surface area contributed by atoms with E-state index in [0.29, 0.717) is 11.8 Å². The van der Waals surface area contributed by atoms with Crippen molar-refractivity contribution in [2.45, 2.75) is 20.3 Å². The van der Waals surface area contributed by atoms with Crippen LogP contribution in [0.2, 0.25) is 0 Å². The van der Waals surface area contributed by atoms with E-state index in [-0.39, 0.29) is 6.61 Å². The third kappa shape index (κ3) is 5.51. The topological polar surface area (TPSA) is 23.5 Å². The number of rotatable bonds is 7. The number of aliphatic hydroxyl groups excluding tert-OH is 1. The molecule has 1 aromatic rings. The van der Waals surface area contributed by atoms with Crippen LogP contribution in [0.3, 0.4) is 0 Å². The first kappa shape index (κ1) is 15.2. The van der Waals surface area contributed by atoms with Gasteiger partial charge < -0.3 is 10.0 Å². The van der Waals surface area contributed by atoms with Gasteiger partial charge in [0.1, 0.15) is 0 Å². The number of halogens is 1. The highest BCUT2D eigenvalue weighted by Crippen LogP contribution is 2.22. The van der Waals surface area contributed by atoms with Gasteiger partial charge in [-0.25, -0.2) is 0 Å². The third-order valence-electron chi connectivity index (χ3n) is 3.09. The van der Waals surface area contributed by atoms with Crippen LogP contribution in [0.1, 0.15) is 18.7 Å². The Hall–Kier alpha value is 0.1000. The Kier molecular flexibility index (Phi) is 6.70. The molecule has 1 atom stereocenters. The average molecular weight is 320 g/mol. The molecule has 0 bridgehead atoms. The van der Waals surface area contributed by atoms with E-state index in [1.54, 1.807) is 11.3 Å². The first-order chi connectivity index (χ1) is 8.02. The average Bonchev–Trinajstić information content (AvgIpc) is 2.68. The number of thiophene rings is 1. The lowest BCUT2D eigenvalue weighted by molar-refractivity contribution is 0.147. The number of likely N-dealkylation sites (N-methyl/N-ethyl adjacent to an activating group) is 1. The summed E-state index contributed by atoms with van der Waals surface area (Å²) in [7, 11) is 2.13. The van der Waals surface area contributed by atoms with Crippen LogP contribution in [0.5, 0.6) is 0 Å². The summed E-state index contributed by atoms with van der Waals surface area (Å²) in [4.78, 5) is 3.72. The molecule has 0 fully saturated rings. The van der Waals surface area contributed by atoms with Crippen molar-refractivity contribution in [3.8, 4) is 0 Å². The summed E-state index contributed by atoms with van der Waals surface area (Å²) in [5, 5.41) is 9.30. The molecule has 4 heteroatoms. The van der Waals surface area contributed by atoms with E-state index in [0.717, 1.165) is 19.5 Å². The first-order valence-electron chi connectivity index (χ1n) is 6.06. The Balaban J connectivity index is 2.31. The zero-order valence-corrected chi connectivity index (χ0v) is 13.2. The van der Waals surface area contributed by atoms with E-state index in [4.69, 9.17) is 0 Å². The van der Waals surface area contributed by atoms with Gasteiger partial charge in [-0.1, -0.05) is 13.8 Å². The van der Waals surface area contributed by atoms with Crippen molar-refractivity contribution in [3.63, 3.8) is 0 Å². The van der Waals surface area contributed by atoms with Gasteiger partial charge in [-0.15, -0.1) is 11.3 Å².